The maximum atomic E-state index is 9.46. The van der Waals surface area contributed by atoms with Gasteiger partial charge in [-0.3, -0.25) is 0 Å². The quantitative estimate of drug-likeness (QED) is 0.459. The minimum absolute atomic E-state index is 0.0237. The Morgan fingerprint density at radius 1 is 0.731 bits per heavy atom. The number of ether oxygens (including phenoxy) is 2. The minimum Gasteiger partial charge on any atom is -0.508 e. The van der Waals surface area contributed by atoms with Crippen LogP contribution in [-0.2, 0) is 6.61 Å². The first-order valence-electron chi connectivity index (χ1n) is 7.45. The molecule has 3 aromatic carbocycles. The number of rotatable bonds is 5. The van der Waals surface area contributed by atoms with Gasteiger partial charge in [-0.25, -0.2) is 0 Å². The highest BCUT2D eigenvalue weighted by Gasteiger charge is 2.10. The summed E-state index contributed by atoms with van der Waals surface area (Å²) in [6.07, 6.45) is 0. The molecule has 0 saturated carbocycles. The van der Waals surface area contributed by atoms with Crippen molar-refractivity contribution < 1.29 is 14.6 Å². The van der Waals surface area contributed by atoms with Crippen molar-refractivity contribution in [1.29, 1.82) is 0 Å². The van der Waals surface area contributed by atoms with Crippen molar-refractivity contribution in [2.75, 3.05) is 0 Å². The van der Waals surface area contributed by atoms with Gasteiger partial charge in [0.1, 0.15) is 23.9 Å². The molecule has 1 N–H and O–H groups in total. The molecule has 7 heteroatoms. The maximum Gasteiger partial charge on any atom is 0.157 e. The fraction of sp³-hybridized carbons (Fsp3) is 0.0526. The van der Waals surface area contributed by atoms with Crippen molar-refractivity contribution in [1.82, 2.24) is 0 Å². The van der Waals surface area contributed by atoms with Crippen molar-refractivity contribution in [3.8, 4) is 23.0 Å². The molecule has 0 atom stereocenters. The van der Waals surface area contributed by atoms with Gasteiger partial charge in [-0.2, -0.15) is 0 Å². The van der Waals surface area contributed by atoms with Gasteiger partial charge in [0, 0.05) is 18.2 Å². The van der Waals surface area contributed by atoms with Crippen LogP contribution in [0.2, 0.25) is 20.1 Å². The number of halogens is 4. The molecule has 134 valence electrons. The normalized spacial score (nSPS) is 10.6. The van der Waals surface area contributed by atoms with E-state index in [0.717, 1.165) is 5.56 Å². The van der Waals surface area contributed by atoms with E-state index in [4.69, 9.17) is 55.9 Å². The van der Waals surface area contributed by atoms with Gasteiger partial charge in [0.2, 0.25) is 0 Å². The lowest BCUT2D eigenvalue weighted by Gasteiger charge is -2.12. The summed E-state index contributed by atoms with van der Waals surface area (Å²) in [6.45, 7) is 0.225. The molecule has 0 aliphatic rings. The molecule has 0 amide bonds. The summed E-state index contributed by atoms with van der Waals surface area (Å²) in [5.74, 6) is 1.47. The SMILES string of the molecule is Oc1cc(Cl)c(OCc2cccc(Oc3ccc(Cl)c(Cl)c3)c2)c(Cl)c1. The number of phenolic OH excluding ortho intramolecular Hbond substituents is 1. The molecule has 3 aromatic rings. The Morgan fingerprint density at radius 2 is 1.42 bits per heavy atom. The van der Waals surface area contributed by atoms with E-state index in [2.05, 4.69) is 0 Å². The Kier molecular flexibility index (Phi) is 6.05. The molecule has 0 aliphatic heterocycles. The van der Waals surface area contributed by atoms with Crippen LogP contribution in [-0.4, -0.2) is 5.11 Å². The Hall–Kier alpha value is -1.78. The van der Waals surface area contributed by atoms with Crippen LogP contribution in [0.3, 0.4) is 0 Å². The van der Waals surface area contributed by atoms with Gasteiger partial charge >= 0.3 is 0 Å². The average Bonchev–Trinajstić information content (AvgIpc) is 2.57. The molecule has 0 fully saturated rings. The second kappa shape index (κ2) is 8.28. The second-order valence-corrected chi connectivity index (χ2v) is 6.98. The third kappa shape index (κ3) is 4.68. The molecule has 0 aromatic heterocycles. The third-order valence-electron chi connectivity index (χ3n) is 3.39. The highest BCUT2D eigenvalue weighted by molar-refractivity contribution is 6.42. The van der Waals surface area contributed by atoms with E-state index in [1.807, 2.05) is 24.3 Å². The van der Waals surface area contributed by atoms with Gasteiger partial charge in [-0.05, 0) is 29.8 Å². The van der Waals surface area contributed by atoms with Crippen molar-refractivity contribution in [3.63, 3.8) is 0 Å². The monoisotopic (exact) mass is 428 g/mol. The van der Waals surface area contributed by atoms with Crippen molar-refractivity contribution >= 4 is 46.4 Å². The Morgan fingerprint density at radius 3 is 2.12 bits per heavy atom. The summed E-state index contributed by atoms with van der Waals surface area (Å²) < 4.78 is 11.5. The van der Waals surface area contributed by atoms with Crippen LogP contribution in [0.5, 0.6) is 23.0 Å². The number of aromatic hydroxyl groups is 1. The van der Waals surface area contributed by atoms with Gasteiger partial charge in [0.15, 0.2) is 5.75 Å². The zero-order chi connectivity index (χ0) is 18.7. The molecule has 26 heavy (non-hydrogen) atoms. The zero-order valence-corrected chi connectivity index (χ0v) is 16.2. The minimum atomic E-state index is -0.0237. The lowest BCUT2D eigenvalue weighted by atomic mass is 10.2. The molecule has 3 rings (SSSR count). The highest BCUT2D eigenvalue weighted by Crippen LogP contribution is 2.37. The first-order chi connectivity index (χ1) is 12.4. The fourth-order valence-corrected chi connectivity index (χ4v) is 3.09. The van der Waals surface area contributed by atoms with Crippen LogP contribution in [0.25, 0.3) is 0 Å². The second-order valence-electron chi connectivity index (χ2n) is 5.35. The summed E-state index contributed by atoms with van der Waals surface area (Å²) in [6, 6.07) is 15.1. The first kappa shape index (κ1) is 19.0. The first-order valence-corrected chi connectivity index (χ1v) is 8.96. The Bertz CT molecular complexity index is 921. The van der Waals surface area contributed by atoms with Gasteiger partial charge in [0.05, 0.1) is 20.1 Å². The lowest BCUT2D eigenvalue weighted by molar-refractivity contribution is 0.305. The van der Waals surface area contributed by atoms with E-state index in [1.165, 1.54) is 12.1 Å². The molecule has 0 spiro atoms. The summed E-state index contributed by atoms with van der Waals surface area (Å²) in [5, 5.41) is 10.8. The third-order valence-corrected chi connectivity index (χ3v) is 4.69. The molecular weight excluding hydrogens is 418 g/mol. The Labute approximate surface area is 170 Å². The average molecular weight is 430 g/mol. The molecule has 0 radical (unpaired) electrons. The van der Waals surface area contributed by atoms with Crippen LogP contribution in [0.4, 0.5) is 0 Å². The van der Waals surface area contributed by atoms with E-state index < -0.39 is 0 Å². The highest BCUT2D eigenvalue weighted by atomic mass is 35.5. The lowest BCUT2D eigenvalue weighted by Crippen LogP contribution is -1.97. The summed E-state index contributed by atoms with van der Waals surface area (Å²) in [7, 11) is 0. The van der Waals surface area contributed by atoms with E-state index in [1.54, 1.807) is 18.2 Å². The molecule has 0 heterocycles. The van der Waals surface area contributed by atoms with Gasteiger partial charge in [-0.15, -0.1) is 0 Å². The topological polar surface area (TPSA) is 38.7 Å². The molecular formula is C19H12Cl4O3. The van der Waals surface area contributed by atoms with Crippen LogP contribution >= 0.6 is 46.4 Å². The van der Waals surface area contributed by atoms with E-state index in [-0.39, 0.29) is 22.4 Å². The predicted molar refractivity (Wildman–Crippen MR) is 105 cm³/mol. The maximum absolute atomic E-state index is 9.46. The predicted octanol–water partition coefficient (Wildman–Crippen LogP) is 7.38. The smallest absolute Gasteiger partial charge is 0.157 e. The van der Waals surface area contributed by atoms with Crippen LogP contribution in [0, 0.1) is 0 Å². The molecule has 0 aliphatic carbocycles. The van der Waals surface area contributed by atoms with Crippen LogP contribution in [0.15, 0.2) is 54.6 Å². The molecule has 3 nitrogen and oxygen atoms in total. The number of benzene rings is 3. The van der Waals surface area contributed by atoms with Crippen molar-refractivity contribution in [2.24, 2.45) is 0 Å². The summed E-state index contributed by atoms with van der Waals surface area (Å²) in [4.78, 5) is 0. The van der Waals surface area contributed by atoms with Gasteiger partial charge in [-0.1, -0.05) is 58.5 Å². The van der Waals surface area contributed by atoms with Crippen LogP contribution < -0.4 is 9.47 Å². The van der Waals surface area contributed by atoms with Crippen LogP contribution in [0.1, 0.15) is 5.56 Å². The summed E-state index contributed by atoms with van der Waals surface area (Å²) in [5.41, 5.74) is 0.850. The number of hydrogen-bond acceptors (Lipinski definition) is 3. The van der Waals surface area contributed by atoms with E-state index in [9.17, 15) is 5.11 Å². The van der Waals surface area contributed by atoms with Crippen molar-refractivity contribution in [3.05, 3.63) is 80.3 Å². The van der Waals surface area contributed by atoms with Gasteiger partial charge < -0.3 is 14.6 Å². The van der Waals surface area contributed by atoms with E-state index in [0.29, 0.717) is 27.3 Å². The molecule has 0 bridgehead atoms. The Balaban J connectivity index is 1.72. The van der Waals surface area contributed by atoms with Gasteiger partial charge in [0.25, 0.3) is 0 Å². The van der Waals surface area contributed by atoms with Crippen molar-refractivity contribution in [2.45, 2.75) is 6.61 Å². The number of phenols is 1. The summed E-state index contributed by atoms with van der Waals surface area (Å²) >= 11 is 24.0. The standard InChI is InChI=1S/C19H12Cl4O3/c20-15-5-4-14(9-16(15)21)26-13-3-1-2-11(6-13)10-25-19-17(22)7-12(24)8-18(19)23/h1-9,24H,10H2. The number of hydrogen-bond donors (Lipinski definition) is 1. The molecule has 0 unspecified atom stereocenters. The largest absolute Gasteiger partial charge is 0.508 e. The fourth-order valence-electron chi connectivity index (χ4n) is 2.22. The molecule has 0 saturated heterocycles. The zero-order valence-electron chi connectivity index (χ0n) is 13.2. The van der Waals surface area contributed by atoms with E-state index >= 15 is 0 Å².